The summed E-state index contributed by atoms with van der Waals surface area (Å²) in [5, 5.41) is 4.41. The second kappa shape index (κ2) is 6.20. The summed E-state index contributed by atoms with van der Waals surface area (Å²) < 4.78 is 25.2. The molecule has 2 aromatic rings. The van der Waals surface area contributed by atoms with E-state index in [0.29, 0.717) is 6.04 Å². The third-order valence-corrected chi connectivity index (χ3v) is 4.99. The van der Waals surface area contributed by atoms with Gasteiger partial charge in [0.2, 0.25) is 0 Å². The first-order chi connectivity index (χ1) is 10.2. The molecule has 1 aliphatic carbocycles. The number of thiazole rings is 1. The first kappa shape index (κ1) is 14.6. The first-order valence-electron chi connectivity index (χ1n) is 7.30. The van der Waals surface area contributed by atoms with E-state index in [4.69, 9.17) is 4.98 Å². The molecular weight excluding hydrogens is 290 g/mol. The van der Waals surface area contributed by atoms with Gasteiger partial charge in [0.05, 0.1) is 11.7 Å². The van der Waals surface area contributed by atoms with E-state index in [-0.39, 0.29) is 5.56 Å². The number of rotatable bonds is 4. The molecule has 3 rings (SSSR count). The fourth-order valence-electron chi connectivity index (χ4n) is 2.76. The third kappa shape index (κ3) is 2.99. The van der Waals surface area contributed by atoms with Crippen molar-refractivity contribution in [3.05, 3.63) is 40.4 Å². The van der Waals surface area contributed by atoms with Crippen molar-refractivity contribution in [2.45, 2.75) is 38.7 Å². The van der Waals surface area contributed by atoms with Crippen molar-refractivity contribution in [2.24, 2.45) is 0 Å². The van der Waals surface area contributed by atoms with E-state index in [2.05, 4.69) is 12.2 Å². The lowest BCUT2D eigenvalue weighted by Gasteiger charge is -2.21. The highest BCUT2D eigenvalue weighted by atomic mass is 32.1. The predicted octanol–water partition coefficient (Wildman–Crippen LogP) is 4.73. The second-order valence-corrected chi connectivity index (χ2v) is 6.34. The maximum absolute atomic E-state index is 12.6. The van der Waals surface area contributed by atoms with Crippen molar-refractivity contribution in [2.75, 3.05) is 6.54 Å². The number of alkyl halides is 2. The van der Waals surface area contributed by atoms with Crippen molar-refractivity contribution >= 4 is 11.3 Å². The topological polar surface area (TPSA) is 24.9 Å². The number of aromatic nitrogens is 1. The SMILES string of the molecule is CCNC1CCCc2sc(-c3ccc(C(F)F)cc3)nc21. The molecule has 0 amide bonds. The van der Waals surface area contributed by atoms with Gasteiger partial charge >= 0.3 is 0 Å². The van der Waals surface area contributed by atoms with Crippen molar-refractivity contribution in [1.29, 1.82) is 0 Å². The Morgan fingerprint density at radius 3 is 2.76 bits per heavy atom. The lowest BCUT2D eigenvalue weighted by molar-refractivity contribution is 0.151. The van der Waals surface area contributed by atoms with Crippen LogP contribution in [0.1, 0.15) is 48.4 Å². The largest absolute Gasteiger partial charge is 0.309 e. The van der Waals surface area contributed by atoms with Crippen LogP contribution in [0.5, 0.6) is 0 Å². The van der Waals surface area contributed by atoms with Gasteiger partial charge < -0.3 is 5.32 Å². The molecule has 1 aromatic carbocycles. The van der Waals surface area contributed by atoms with Gasteiger partial charge in [-0.25, -0.2) is 13.8 Å². The highest BCUT2D eigenvalue weighted by Gasteiger charge is 2.24. The number of hydrogen-bond donors (Lipinski definition) is 1. The number of nitrogens with one attached hydrogen (secondary N) is 1. The summed E-state index contributed by atoms with van der Waals surface area (Å²) in [6, 6.07) is 6.80. The van der Waals surface area contributed by atoms with Crippen molar-refractivity contribution < 1.29 is 8.78 Å². The summed E-state index contributed by atoms with van der Waals surface area (Å²) in [6.07, 6.45) is 0.955. The average molecular weight is 308 g/mol. The zero-order valence-electron chi connectivity index (χ0n) is 11.9. The second-order valence-electron chi connectivity index (χ2n) is 5.25. The monoisotopic (exact) mass is 308 g/mol. The maximum Gasteiger partial charge on any atom is 0.263 e. The van der Waals surface area contributed by atoms with Crippen LogP contribution < -0.4 is 5.32 Å². The first-order valence-corrected chi connectivity index (χ1v) is 8.12. The van der Waals surface area contributed by atoms with Gasteiger partial charge in [0.15, 0.2) is 0 Å². The van der Waals surface area contributed by atoms with Crippen LogP contribution >= 0.6 is 11.3 Å². The highest BCUT2D eigenvalue weighted by Crippen LogP contribution is 2.37. The van der Waals surface area contributed by atoms with Crippen LogP contribution in [0.25, 0.3) is 10.6 Å². The molecule has 2 nitrogen and oxygen atoms in total. The Hall–Kier alpha value is -1.33. The molecule has 0 aliphatic heterocycles. The zero-order valence-corrected chi connectivity index (χ0v) is 12.7. The van der Waals surface area contributed by atoms with Crippen LogP contribution in [-0.2, 0) is 6.42 Å². The van der Waals surface area contributed by atoms with E-state index in [1.54, 1.807) is 23.5 Å². The van der Waals surface area contributed by atoms with Crippen LogP contribution in [0.2, 0.25) is 0 Å². The van der Waals surface area contributed by atoms with Gasteiger partial charge in [0.25, 0.3) is 6.43 Å². The number of hydrogen-bond acceptors (Lipinski definition) is 3. The zero-order chi connectivity index (χ0) is 14.8. The normalized spacial score (nSPS) is 18.0. The quantitative estimate of drug-likeness (QED) is 0.883. The third-order valence-electron chi connectivity index (χ3n) is 3.81. The molecule has 112 valence electrons. The lowest BCUT2D eigenvalue weighted by atomic mass is 9.97. The summed E-state index contributed by atoms with van der Waals surface area (Å²) in [5.74, 6) is 0. The molecule has 5 heteroatoms. The maximum atomic E-state index is 12.6. The van der Waals surface area contributed by atoms with E-state index in [0.717, 1.165) is 35.7 Å². The minimum absolute atomic E-state index is 0.0607. The van der Waals surface area contributed by atoms with Crippen LogP contribution in [0, 0.1) is 0 Å². The summed E-state index contributed by atoms with van der Waals surface area (Å²) in [6.45, 7) is 3.03. The molecular formula is C16H18F2N2S. The molecule has 1 N–H and O–H groups in total. The van der Waals surface area contributed by atoms with Crippen molar-refractivity contribution in [3.8, 4) is 10.6 Å². The Labute approximate surface area is 127 Å². The van der Waals surface area contributed by atoms with E-state index in [1.807, 2.05) is 0 Å². The van der Waals surface area contributed by atoms with Gasteiger partial charge in [-0.3, -0.25) is 0 Å². The fourth-order valence-corrected chi connectivity index (χ4v) is 3.93. The van der Waals surface area contributed by atoms with Crippen LogP contribution in [-0.4, -0.2) is 11.5 Å². The predicted molar refractivity (Wildman–Crippen MR) is 81.9 cm³/mol. The Morgan fingerprint density at radius 2 is 2.10 bits per heavy atom. The molecule has 1 atom stereocenters. The standard InChI is InChI=1S/C16H18F2N2S/c1-2-19-12-4-3-5-13-14(12)20-16(21-13)11-8-6-10(7-9-11)15(17)18/h6-9,12,15,19H,2-5H2,1H3. The van der Waals surface area contributed by atoms with Gasteiger partial charge in [-0.2, -0.15) is 0 Å². The summed E-state index contributed by atoms with van der Waals surface area (Å²) in [4.78, 5) is 6.10. The molecule has 0 fully saturated rings. The lowest BCUT2D eigenvalue weighted by Crippen LogP contribution is -2.24. The number of nitrogens with zero attached hydrogens (tertiary/aromatic N) is 1. The fraction of sp³-hybridized carbons (Fsp3) is 0.438. The molecule has 0 radical (unpaired) electrons. The minimum Gasteiger partial charge on any atom is -0.309 e. The Kier molecular flexibility index (Phi) is 4.31. The Bertz CT molecular complexity index is 607. The summed E-state index contributed by atoms with van der Waals surface area (Å²) in [5.41, 5.74) is 2.14. The van der Waals surface area contributed by atoms with Crippen LogP contribution in [0.3, 0.4) is 0 Å². The Morgan fingerprint density at radius 1 is 1.33 bits per heavy atom. The highest BCUT2D eigenvalue weighted by molar-refractivity contribution is 7.15. The van der Waals surface area contributed by atoms with Gasteiger partial charge in [-0.15, -0.1) is 11.3 Å². The molecule has 0 bridgehead atoms. The van der Waals surface area contributed by atoms with Gasteiger partial charge in [-0.05, 0) is 25.8 Å². The number of aryl methyl sites for hydroxylation is 1. The molecule has 1 aliphatic rings. The summed E-state index contributed by atoms with van der Waals surface area (Å²) >= 11 is 1.69. The van der Waals surface area contributed by atoms with Gasteiger partial charge in [-0.1, -0.05) is 31.2 Å². The van der Waals surface area contributed by atoms with E-state index >= 15 is 0 Å². The molecule has 0 saturated heterocycles. The average Bonchev–Trinajstić information content (AvgIpc) is 2.93. The van der Waals surface area contributed by atoms with Crippen LogP contribution in [0.4, 0.5) is 8.78 Å². The van der Waals surface area contributed by atoms with Gasteiger partial charge in [0, 0.05) is 16.0 Å². The van der Waals surface area contributed by atoms with Crippen LogP contribution in [0.15, 0.2) is 24.3 Å². The smallest absolute Gasteiger partial charge is 0.263 e. The van der Waals surface area contributed by atoms with Crippen molar-refractivity contribution in [1.82, 2.24) is 10.3 Å². The molecule has 21 heavy (non-hydrogen) atoms. The molecule has 1 aromatic heterocycles. The molecule has 0 saturated carbocycles. The van der Waals surface area contributed by atoms with E-state index in [1.165, 1.54) is 23.4 Å². The molecule has 1 unspecified atom stereocenters. The number of benzene rings is 1. The van der Waals surface area contributed by atoms with Gasteiger partial charge in [0.1, 0.15) is 5.01 Å². The Balaban J connectivity index is 1.90. The minimum atomic E-state index is -2.42. The van der Waals surface area contributed by atoms with Crippen molar-refractivity contribution in [3.63, 3.8) is 0 Å². The number of fused-ring (bicyclic) bond motifs is 1. The summed E-state index contributed by atoms with van der Waals surface area (Å²) in [7, 11) is 0. The van der Waals surface area contributed by atoms with E-state index in [9.17, 15) is 8.78 Å². The molecule has 0 spiro atoms. The molecule has 1 heterocycles. The number of halogens is 2. The van der Waals surface area contributed by atoms with E-state index < -0.39 is 6.43 Å².